The van der Waals surface area contributed by atoms with Gasteiger partial charge in [0.05, 0.1) is 16.0 Å². The van der Waals surface area contributed by atoms with Gasteiger partial charge < -0.3 is 16.2 Å². The quantitative estimate of drug-likeness (QED) is 0.778. The lowest BCUT2D eigenvalue weighted by Crippen LogP contribution is -2.21. The van der Waals surface area contributed by atoms with Gasteiger partial charge in [-0.25, -0.2) is 0 Å². The summed E-state index contributed by atoms with van der Waals surface area (Å²) in [5.74, 6) is 0.111. The van der Waals surface area contributed by atoms with Crippen molar-refractivity contribution >= 4 is 28.9 Å². The van der Waals surface area contributed by atoms with Gasteiger partial charge >= 0.3 is 0 Å². The molecule has 0 saturated heterocycles. The highest BCUT2D eigenvalue weighted by atomic mass is 35.5. The summed E-state index contributed by atoms with van der Waals surface area (Å²) in [4.78, 5) is 0. The van der Waals surface area contributed by atoms with Crippen LogP contribution in [0.15, 0.2) is 47.9 Å². The third-order valence-corrected chi connectivity index (χ3v) is 4.37. The average Bonchev–Trinajstić information content (AvgIpc) is 2.48. The first kappa shape index (κ1) is 14.6. The van der Waals surface area contributed by atoms with Crippen molar-refractivity contribution in [2.45, 2.75) is 5.92 Å². The fourth-order valence-electron chi connectivity index (χ4n) is 2.54. The number of nitrogens with two attached hydrogens (primary N) is 2. The van der Waals surface area contributed by atoms with Gasteiger partial charge in [0.1, 0.15) is 17.4 Å². The molecule has 22 heavy (non-hydrogen) atoms. The second kappa shape index (κ2) is 5.45. The van der Waals surface area contributed by atoms with Crippen LogP contribution in [0.4, 0.5) is 5.69 Å². The van der Waals surface area contributed by atoms with Crippen molar-refractivity contribution in [3.8, 4) is 11.8 Å². The van der Waals surface area contributed by atoms with Crippen LogP contribution < -0.4 is 16.2 Å². The number of anilines is 1. The highest BCUT2D eigenvalue weighted by molar-refractivity contribution is 6.42. The predicted molar refractivity (Wildman–Crippen MR) is 86.6 cm³/mol. The SMILES string of the molecule is N#CC1=C(N)Oc2cc(N)ccc2C1c1cccc(Cl)c1Cl. The van der Waals surface area contributed by atoms with Gasteiger partial charge in [-0.15, -0.1) is 0 Å². The fourth-order valence-corrected chi connectivity index (χ4v) is 2.95. The first-order valence-corrected chi connectivity index (χ1v) is 7.19. The van der Waals surface area contributed by atoms with Gasteiger partial charge in [0, 0.05) is 17.3 Å². The molecule has 0 aliphatic carbocycles. The van der Waals surface area contributed by atoms with E-state index in [4.69, 9.17) is 39.4 Å². The van der Waals surface area contributed by atoms with E-state index in [1.165, 1.54) is 0 Å². The lowest BCUT2D eigenvalue weighted by Gasteiger charge is -2.27. The molecule has 0 amide bonds. The third-order valence-electron chi connectivity index (χ3n) is 3.54. The zero-order chi connectivity index (χ0) is 15.9. The van der Waals surface area contributed by atoms with Gasteiger partial charge in [-0.1, -0.05) is 41.4 Å². The lowest BCUT2D eigenvalue weighted by atomic mass is 9.83. The number of nitrogens with zero attached hydrogens (tertiary/aromatic N) is 1. The maximum atomic E-state index is 9.46. The summed E-state index contributed by atoms with van der Waals surface area (Å²) in [6.07, 6.45) is 0. The minimum Gasteiger partial charge on any atom is -0.440 e. The van der Waals surface area contributed by atoms with Crippen LogP contribution in [-0.4, -0.2) is 0 Å². The molecule has 2 aromatic carbocycles. The Morgan fingerprint density at radius 1 is 1.09 bits per heavy atom. The van der Waals surface area contributed by atoms with Crippen molar-refractivity contribution in [3.63, 3.8) is 0 Å². The Kier molecular flexibility index (Phi) is 3.61. The van der Waals surface area contributed by atoms with E-state index in [0.717, 1.165) is 5.56 Å². The van der Waals surface area contributed by atoms with E-state index in [1.807, 2.05) is 6.07 Å². The molecule has 6 heteroatoms. The number of allylic oxidation sites excluding steroid dienone is 1. The number of nitrogen functional groups attached to an aromatic ring is 1. The van der Waals surface area contributed by atoms with Crippen LogP contribution in [0, 0.1) is 11.3 Å². The van der Waals surface area contributed by atoms with Crippen LogP contribution in [0.2, 0.25) is 10.0 Å². The van der Waals surface area contributed by atoms with E-state index in [1.54, 1.807) is 30.3 Å². The van der Waals surface area contributed by atoms with Crippen LogP contribution in [0.5, 0.6) is 5.75 Å². The fraction of sp³-hybridized carbons (Fsp3) is 0.0625. The molecule has 4 N–H and O–H groups in total. The zero-order valence-electron chi connectivity index (χ0n) is 11.3. The molecule has 1 unspecified atom stereocenters. The predicted octanol–water partition coefficient (Wildman–Crippen LogP) is 3.79. The molecule has 1 aliphatic heterocycles. The molecule has 1 aliphatic rings. The highest BCUT2D eigenvalue weighted by Gasteiger charge is 2.32. The largest absolute Gasteiger partial charge is 0.440 e. The highest BCUT2D eigenvalue weighted by Crippen LogP contribution is 2.45. The maximum Gasteiger partial charge on any atom is 0.205 e. The molecule has 3 rings (SSSR count). The Morgan fingerprint density at radius 2 is 1.86 bits per heavy atom. The summed E-state index contributed by atoms with van der Waals surface area (Å²) < 4.78 is 5.52. The van der Waals surface area contributed by atoms with Crippen LogP contribution in [0.1, 0.15) is 17.0 Å². The van der Waals surface area contributed by atoms with Gasteiger partial charge in [-0.2, -0.15) is 5.26 Å². The zero-order valence-corrected chi connectivity index (χ0v) is 12.8. The van der Waals surface area contributed by atoms with Gasteiger partial charge in [0.2, 0.25) is 5.88 Å². The Hall–Kier alpha value is -2.35. The normalized spacial score (nSPS) is 16.7. The van der Waals surface area contributed by atoms with Crippen molar-refractivity contribution < 1.29 is 4.74 Å². The third kappa shape index (κ3) is 2.25. The number of halogens is 2. The topological polar surface area (TPSA) is 85.1 Å². The van der Waals surface area contributed by atoms with E-state index >= 15 is 0 Å². The van der Waals surface area contributed by atoms with Gasteiger partial charge in [0.25, 0.3) is 0 Å². The number of fused-ring (bicyclic) bond motifs is 1. The Labute approximate surface area is 137 Å². The van der Waals surface area contributed by atoms with E-state index in [-0.39, 0.29) is 5.88 Å². The number of ether oxygens (including phenoxy) is 1. The summed E-state index contributed by atoms with van der Waals surface area (Å²) in [7, 11) is 0. The number of rotatable bonds is 1. The van der Waals surface area contributed by atoms with Crippen molar-refractivity contribution in [3.05, 3.63) is 69.0 Å². The summed E-state index contributed by atoms with van der Waals surface area (Å²) >= 11 is 12.4. The van der Waals surface area contributed by atoms with Gasteiger partial charge in [-0.3, -0.25) is 0 Å². The number of hydrogen-bond donors (Lipinski definition) is 2. The van der Waals surface area contributed by atoms with E-state index in [9.17, 15) is 5.26 Å². The first-order chi connectivity index (χ1) is 10.5. The molecule has 110 valence electrons. The number of hydrogen-bond acceptors (Lipinski definition) is 4. The minimum absolute atomic E-state index is 0.0432. The smallest absolute Gasteiger partial charge is 0.205 e. The van der Waals surface area contributed by atoms with Crippen LogP contribution in [0.3, 0.4) is 0 Å². The molecule has 0 aromatic heterocycles. The van der Waals surface area contributed by atoms with E-state index in [0.29, 0.717) is 32.6 Å². The van der Waals surface area contributed by atoms with Crippen LogP contribution >= 0.6 is 23.2 Å². The van der Waals surface area contributed by atoms with Crippen LogP contribution in [-0.2, 0) is 0 Å². The summed E-state index contributed by atoms with van der Waals surface area (Å²) in [6, 6.07) is 12.6. The number of nitriles is 1. The molecule has 4 nitrogen and oxygen atoms in total. The van der Waals surface area contributed by atoms with Gasteiger partial charge in [0.15, 0.2) is 0 Å². The summed E-state index contributed by atoms with van der Waals surface area (Å²) in [6.45, 7) is 0. The monoisotopic (exact) mass is 331 g/mol. The van der Waals surface area contributed by atoms with E-state index in [2.05, 4.69) is 6.07 Å². The molecule has 0 spiro atoms. The molecular formula is C16H11Cl2N3O. The second-order valence-electron chi connectivity index (χ2n) is 4.87. The Morgan fingerprint density at radius 3 is 2.59 bits per heavy atom. The molecule has 0 fully saturated rings. The first-order valence-electron chi connectivity index (χ1n) is 6.44. The van der Waals surface area contributed by atoms with Crippen LogP contribution in [0.25, 0.3) is 0 Å². The second-order valence-corrected chi connectivity index (χ2v) is 5.65. The Bertz CT molecular complexity index is 840. The molecular weight excluding hydrogens is 321 g/mol. The minimum atomic E-state index is -0.444. The summed E-state index contributed by atoms with van der Waals surface area (Å²) in [5.41, 5.74) is 14.0. The number of benzene rings is 2. The molecule has 0 saturated carbocycles. The molecule has 1 atom stereocenters. The molecule has 2 aromatic rings. The molecule has 0 radical (unpaired) electrons. The van der Waals surface area contributed by atoms with Crippen molar-refractivity contribution in [2.24, 2.45) is 5.73 Å². The molecule has 1 heterocycles. The van der Waals surface area contributed by atoms with Gasteiger partial charge in [-0.05, 0) is 17.7 Å². The van der Waals surface area contributed by atoms with Crippen molar-refractivity contribution in [2.75, 3.05) is 5.73 Å². The van der Waals surface area contributed by atoms with E-state index < -0.39 is 5.92 Å². The summed E-state index contributed by atoms with van der Waals surface area (Å²) in [5, 5.41) is 10.3. The average molecular weight is 332 g/mol. The maximum absolute atomic E-state index is 9.46. The van der Waals surface area contributed by atoms with Crippen molar-refractivity contribution in [1.29, 1.82) is 5.26 Å². The van der Waals surface area contributed by atoms with Crippen molar-refractivity contribution in [1.82, 2.24) is 0 Å². The lowest BCUT2D eigenvalue weighted by molar-refractivity contribution is 0.394. The standard InChI is InChI=1S/C16H11Cl2N3O/c17-12-3-1-2-10(15(12)18)14-9-5-4-8(20)6-13(9)22-16(21)11(14)7-19/h1-6,14H,20-21H2. The molecule has 0 bridgehead atoms. The Balaban J connectivity index is 2.29.